The Morgan fingerprint density at radius 3 is 1.52 bits per heavy atom. The van der Waals surface area contributed by atoms with E-state index < -0.39 is 17.0 Å². The Kier molecular flexibility index (Phi) is 8.35. The van der Waals surface area contributed by atoms with Gasteiger partial charge in [0, 0.05) is 5.92 Å². The van der Waals surface area contributed by atoms with Crippen molar-refractivity contribution in [2.24, 2.45) is 0 Å². The highest BCUT2D eigenvalue weighted by Gasteiger charge is 2.34. The van der Waals surface area contributed by atoms with Gasteiger partial charge in [0.1, 0.15) is 0 Å². The molecule has 5 rings (SSSR count). The van der Waals surface area contributed by atoms with Crippen molar-refractivity contribution in [1.29, 1.82) is 10.5 Å². The number of benzene rings is 3. The summed E-state index contributed by atoms with van der Waals surface area (Å²) in [4.78, 5) is 28.4. The predicted molar refractivity (Wildman–Crippen MR) is 161 cm³/mol. The minimum absolute atomic E-state index is 0.0503. The second kappa shape index (κ2) is 12.3. The van der Waals surface area contributed by atoms with Crippen molar-refractivity contribution in [2.75, 3.05) is 0 Å². The largest absolute Gasteiger partial charge is 0.505 e. The van der Waals surface area contributed by atoms with E-state index in [4.69, 9.17) is 23.2 Å². The zero-order valence-electron chi connectivity index (χ0n) is 22.1. The molecular formula is C31H24Cl2N6O3. The summed E-state index contributed by atoms with van der Waals surface area (Å²) in [6.07, 6.45) is 0.159. The van der Waals surface area contributed by atoms with Gasteiger partial charge in [-0.25, -0.2) is 0 Å². The standard InChI is InChI=1S/C31H24Cl2N6O3/c32-22-17-21(18-23(33)29(22)40)24(25-27(19-9-3-1-4-10-19)36-38(30(25)41)15-7-13-34)26-28(20-11-5-2-6-12-20)37-39(31(26)42)16-8-14-35/h1-6,9-12,17-18,24,36-37,40H,7-8,15-16H2. The van der Waals surface area contributed by atoms with Gasteiger partial charge in [0.2, 0.25) is 0 Å². The van der Waals surface area contributed by atoms with Crippen LogP contribution in [0.1, 0.15) is 35.4 Å². The number of H-pyrrole nitrogens is 2. The smallest absolute Gasteiger partial charge is 0.271 e. The van der Waals surface area contributed by atoms with Crippen LogP contribution in [-0.4, -0.2) is 24.7 Å². The molecule has 0 bridgehead atoms. The second-order valence-electron chi connectivity index (χ2n) is 9.53. The minimum Gasteiger partial charge on any atom is -0.505 e. The predicted octanol–water partition coefficient (Wildman–Crippen LogP) is 6.02. The fourth-order valence-electron chi connectivity index (χ4n) is 5.05. The lowest BCUT2D eigenvalue weighted by molar-refractivity contribution is 0.475. The number of nitriles is 2. The topological polar surface area (TPSA) is 143 Å². The first kappa shape index (κ1) is 28.6. The monoisotopic (exact) mass is 598 g/mol. The number of phenols is 1. The average molecular weight is 599 g/mol. The molecule has 11 heteroatoms. The first-order valence-electron chi connectivity index (χ1n) is 13.0. The number of aromatic nitrogens is 4. The molecule has 0 fully saturated rings. The van der Waals surface area contributed by atoms with Crippen LogP contribution in [0.25, 0.3) is 22.5 Å². The summed E-state index contributed by atoms with van der Waals surface area (Å²) in [5.74, 6) is -1.35. The quantitative estimate of drug-likeness (QED) is 0.190. The van der Waals surface area contributed by atoms with E-state index in [2.05, 4.69) is 22.3 Å². The van der Waals surface area contributed by atoms with E-state index in [0.717, 1.165) is 0 Å². The van der Waals surface area contributed by atoms with Gasteiger partial charge in [0.15, 0.2) is 5.75 Å². The molecule has 3 N–H and O–H groups in total. The van der Waals surface area contributed by atoms with Crippen LogP contribution in [0.5, 0.6) is 5.75 Å². The van der Waals surface area contributed by atoms with Crippen molar-refractivity contribution in [3.63, 3.8) is 0 Å². The van der Waals surface area contributed by atoms with Crippen molar-refractivity contribution in [1.82, 2.24) is 19.6 Å². The fraction of sp³-hybridized carbons (Fsp3) is 0.161. The Bertz CT molecular complexity index is 1810. The fourth-order valence-corrected chi connectivity index (χ4v) is 5.55. The van der Waals surface area contributed by atoms with Crippen LogP contribution in [0, 0.1) is 22.7 Å². The number of aryl methyl sites for hydroxylation is 2. The van der Waals surface area contributed by atoms with E-state index in [9.17, 15) is 25.2 Å². The summed E-state index contributed by atoms with van der Waals surface area (Å²) in [6, 6.07) is 25.4. The molecule has 0 unspecified atom stereocenters. The van der Waals surface area contributed by atoms with E-state index in [-0.39, 0.29) is 52.9 Å². The summed E-state index contributed by atoms with van der Waals surface area (Å²) in [5, 5.41) is 35.0. The molecule has 0 aliphatic rings. The molecular weight excluding hydrogens is 575 g/mol. The zero-order valence-corrected chi connectivity index (χ0v) is 23.7. The highest BCUT2D eigenvalue weighted by Crippen LogP contribution is 2.42. The summed E-state index contributed by atoms with van der Waals surface area (Å²) < 4.78 is 2.70. The lowest BCUT2D eigenvalue weighted by atomic mass is 9.83. The third-order valence-electron chi connectivity index (χ3n) is 6.95. The summed E-state index contributed by atoms with van der Waals surface area (Å²) in [5.41, 5.74) is 2.26. The number of hydrogen-bond acceptors (Lipinski definition) is 5. The van der Waals surface area contributed by atoms with Gasteiger partial charge in [-0.3, -0.25) is 29.2 Å². The number of aromatic hydroxyl groups is 1. The Morgan fingerprint density at radius 2 is 1.14 bits per heavy atom. The normalized spacial score (nSPS) is 11.0. The lowest BCUT2D eigenvalue weighted by Gasteiger charge is -2.19. The van der Waals surface area contributed by atoms with E-state index in [1.165, 1.54) is 21.5 Å². The van der Waals surface area contributed by atoms with Gasteiger partial charge in [-0.05, 0) is 28.8 Å². The third-order valence-corrected chi connectivity index (χ3v) is 7.53. The molecule has 2 aromatic heterocycles. The zero-order chi connectivity index (χ0) is 29.8. The first-order chi connectivity index (χ1) is 20.3. The molecule has 3 aromatic carbocycles. The second-order valence-corrected chi connectivity index (χ2v) is 10.3. The number of aromatic amines is 2. The number of halogens is 2. The summed E-state index contributed by atoms with van der Waals surface area (Å²) in [7, 11) is 0. The summed E-state index contributed by atoms with van der Waals surface area (Å²) in [6.45, 7) is 0.202. The number of hydrogen-bond donors (Lipinski definition) is 3. The number of rotatable bonds is 9. The molecule has 0 atom stereocenters. The van der Waals surface area contributed by atoms with Gasteiger partial charge in [-0.15, -0.1) is 0 Å². The molecule has 42 heavy (non-hydrogen) atoms. The highest BCUT2D eigenvalue weighted by atomic mass is 35.5. The van der Waals surface area contributed by atoms with Crippen LogP contribution in [0.15, 0.2) is 82.4 Å². The van der Waals surface area contributed by atoms with E-state index >= 15 is 0 Å². The average Bonchev–Trinajstić information content (AvgIpc) is 3.51. The van der Waals surface area contributed by atoms with Crippen molar-refractivity contribution >= 4 is 23.2 Å². The van der Waals surface area contributed by atoms with Crippen LogP contribution < -0.4 is 11.1 Å². The van der Waals surface area contributed by atoms with Crippen molar-refractivity contribution in [3.8, 4) is 40.4 Å². The van der Waals surface area contributed by atoms with E-state index in [1.54, 1.807) is 0 Å². The van der Waals surface area contributed by atoms with Crippen molar-refractivity contribution < 1.29 is 5.11 Å². The Balaban J connectivity index is 1.91. The maximum atomic E-state index is 14.2. The van der Waals surface area contributed by atoms with Gasteiger partial charge in [0.25, 0.3) is 11.1 Å². The SMILES string of the molecule is N#CCCn1[nH]c(-c2ccccc2)c(C(c2cc(Cl)c(O)c(Cl)c2)c2c(-c3ccccc3)[nH]n(CCC#N)c2=O)c1=O. The van der Waals surface area contributed by atoms with Gasteiger partial charge < -0.3 is 5.11 Å². The van der Waals surface area contributed by atoms with Gasteiger partial charge in [-0.2, -0.15) is 10.5 Å². The molecule has 2 heterocycles. The molecule has 0 spiro atoms. The van der Waals surface area contributed by atoms with Crippen LogP contribution in [-0.2, 0) is 13.1 Å². The molecule has 0 amide bonds. The molecule has 5 aromatic rings. The first-order valence-corrected chi connectivity index (χ1v) is 13.8. The highest BCUT2D eigenvalue weighted by molar-refractivity contribution is 6.37. The van der Waals surface area contributed by atoms with Gasteiger partial charge in [0.05, 0.1) is 70.6 Å². The molecule has 210 valence electrons. The van der Waals surface area contributed by atoms with Crippen molar-refractivity contribution in [2.45, 2.75) is 31.8 Å². The van der Waals surface area contributed by atoms with E-state index in [1.807, 2.05) is 60.7 Å². The molecule has 0 radical (unpaired) electrons. The number of nitrogens with zero attached hydrogens (tertiary/aromatic N) is 4. The molecule has 0 saturated heterocycles. The van der Waals surface area contributed by atoms with E-state index in [0.29, 0.717) is 28.1 Å². The number of phenolic OH excluding ortho intramolecular Hbond substituents is 1. The van der Waals surface area contributed by atoms with Crippen LogP contribution in [0.4, 0.5) is 0 Å². The van der Waals surface area contributed by atoms with Crippen LogP contribution >= 0.6 is 23.2 Å². The van der Waals surface area contributed by atoms with Crippen LogP contribution in [0.3, 0.4) is 0 Å². The summed E-state index contributed by atoms with van der Waals surface area (Å²) >= 11 is 12.8. The lowest BCUT2D eigenvalue weighted by Crippen LogP contribution is -2.26. The number of nitrogens with one attached hydrogen (secondary N) is 2. The molecule has 0 aliphatic carbocycles. The molecule has 0 aliphatic heterocycles. The molecule has 9 nitrogen and oxygen atoms in total. The van der Waals surface area contributed by atoms with Gasteiger partial charge in [-0.1, -0.05) is 83.9 Å². The van der Waals surface area contributed by atoms with Gasteiger partial charge >= 0.3 is 0 Å². The third kappa shape index (κ3) is 5.36. The Hall–Kier alpha value is -4.96. The van der Waals surface area contributed by atoms with Crippen LogP contribution in [0.2, 0.25) is 10.0 Å². The van der Waals surface area contributed by atoms with Crippen molar-refractivity contribution in [3.05, 3.63) is 120 Å². The maximum absolute atomic E-state index is 14.2. The minimum atomic E-state index is -1.02. The Morgan fingerprint density at radius 1 is 0.738 bits per heavy atom. The Labute approximate surface area is 250 Å². The molecule has 0 saturated carbocycles. The maximum Gasteiger partial charge on any atom is 0.271 e.